The second kappa shape index (κ2) is 10.3. The van der Waals surface area contributed by atoms with Gasteiger partial charge in [-0.25, -0.2) is 4.79 Å². The molecule has 0 saturated carbocycles. The first-order valence-electron chi connectivity index (χ1n) is 9.30. The molecule has 0 atom stereocenters. The SMILES string of the molecule is COc1ccc(CCC(=O)Nc2cc(/C=C/C(=O)OC(C)(C)C)ccc2Br)cc1. The number of amides is 1. The highest BCUT2D eigenvalue weighted by molar-refractivity contribution is 9.10. The Morgan fingerprint density at radius 2 is 1.79 bits per heavy atom. The highest BCUT2D eigenvalue weighted by Crippen LogP contribution is 2.25. The molecule has 5 nitrogen and oxygen atoms in total. The Labute approximate surface area is 180 Å². The summed E-state index contributed by atoms with van der Waals surface area (Å²) in [6.45, 7) is 5.45. The molecule has 1 N–H and O–H groups in total. The Hall–Kier alpha value is -2.60. The fraction of sp³-hybridized carbons (Fsp3) is 0.304. The molecule has 154 valence electrons. The van der Waals surface area contributed by atoms with Crippen molar-refractivity contribution >= 4 is 39.6 Å². The molecule has 0 saturated heterocycles. The van der Waals surface area contributed by atoms with Crippen LogP contribution in [0.15, 0.2) is 53.0 Å². The van der Waals surface area contributed by atoms with Gasteiger partial charge in [0.05, 0.1) is 12.8 Å². The van der Waals surface area contributed by atoms with Gasteiger partial charge in [-0.2, -0.15) is 0 Å². The van der Waals surface area contributed by atoms with E-state index in [-0.39, 0.29) is 5.91 Å². The zero-order chi connectivity index (χ0) is 21.4. The molecule has 0 bridgehead atoms. The Balaban J connectivity index is 1.96. The van der Waals surface area contributed by atoms with Gasteiger partial charge in [-0.15, -0.1) is 0 Å². The maximum absolute atomic E-state index is 12.3. The number of aryl methyl sites for hydroxylation is 1. The van der Waals surface area contributed by atoms with Gasteiger partial charge in [0.15, 0.2) is 0 Å². The molecule has 0 aliphatic heterocycles. The zero-order valence-corrected chi connectivity index (χ0v) is 18.7. The van der Waals surface area contributed by atoms with Crippen molar-refractivity contribution in [3.05, 3.63) is 64.1 Å². The van der Waals surface area contributed by atoms with Crippen LogP contribution in [0.25, 0.3) is 6.08 Å². The first-order valence-corrected chi connectivity index (χ1v) is 10.1. The van der Waals surface area contributed by atoms with Crippen LogP contribution >= 0.6 is 15.9 Å². The van der Waals surface area contributed by atoms with E-state index >= 15 is 0 Å². The lowest BCUT2D eigenvalue weighted by molar-refractivity contribution is -0.148. The highest BCUT2D eigenvalue weighted by atomic mass is 79.9. The summed E-state index contributed by atoms with van der Waals surface area (Å²) in [5, 5.41) is 2.91. The molecule has 29 heavy (non-hydrogen) atoms. The van der Waals surface area contributed by atoms with Crippen molar-refractivity contribution in [2.45, 2.75) is 39.2 Å². The number of carbonyl (C=O) groups excluding carboxylic acids is 2. The van der Waals surface area contributed by atoms with Crippen LogP contribution in [-0.4, -0.2) is 24.6 Å². The lowest BCUT2D eigenvalue weighted by Gasteiger charge is -2.17. The van der Waals surface area contributed by atoms with E-state index in [2.05, 4.69) is 21.2 Å². The van der Waals surface area contributed by atoms with Gasteiger partial charge in [-0.05, 0) is 84.6 Å². The van der Waals surface area contributed by atoms with Crippen LogP contribution in [0.2, 0.25) is 0 Å². The summed E-state index contributed by atoms with van der Waals surface area (Å²) in [7, 11) is 1.62. The number of halogens is 1. The van der Waals surface area contributed by atoms with Crippen LogP contribution in [0.5, 0.6) is 5.75 Å². The number of nitrogens with one attached hydrogen (secondary N) is 1. The standard InChI is InChI=1S/C23H26BrNO4/c1-23(2,3)29-22(27)14-9-17-7-12-19(24)20(15-17)25-21(26)13-8-16-5-10-18(28-4)11-6-16/h5-7,9-12,14-15H,8,13H2,1-4H3,(H,25,26)/b14-9+. The van der Waals surface area contributed by atoms with Gasteiger partial charge < -0.3 is 14.8 Å². The Morgan fingerprint density at radius 1 is 1.10 bits per heavy atom. The first-order chi connectivity index (χ1) is 13.7. The van der Waals surface area contributed by atoms with E-state index in [1.165, 1.54) is 6.08 Å². The maximum Gasteiger partial charge on any atom is 0.331 e. The lowest BCUT2D eigenvalue weighted by Crippen LogP contribution is -2.22. The predicted molar refractivity (Wildman–Crippen MR) is 119 cm³/mol. The molecular formula is C23H26BrNO4. The number of hydrogen-bond acceptors (Lipinski definition) is 4. The molecule has 1 amide bonds. The average molecular weight is 460 g/mol. The summed E-state index contributed by atoms with van der Waals surface area (Å²) in [6, 6.07) is 13.1. The minimum absolute atomic E-state index is 0.0882. The third-order valence-corrected chi connectivity index (χ3v) is 4.57. The number of esters is 1. The summed E-state index contributed by atoms with van der Waals surface area (Å²) < 4.78 is 11.2. The molecule has 0 fully saturated rings. The van der Waals surface area contributed by atoms with Crippen molar-refractivity contribution in [3.63, 3.8) is 0 Å². The molecule has 0 aliphatic carbocycles. The van der Waals surface area contributed by atoms with E-state index in [1.807, 2.05) is 57.2 Å². The molecule has 0 aromatic heterocycles. The van der Waals surface area contributed by atoms with E-state index in [0.717, 1.165) is 21.3 Å². The van der Waals surface area contributed by atoms with Crippen molar-refractivity contribution in [1.82, 2.24) is 0 Å². The molecule has 0 spiro atoms. The second-order valence-electron chi connectivity index (χ2n) is 7.50. The molecular weight excluding hydrogens is 434 g/mol. The third kappa shape index (κ3) is 8.11. The Kier molecular flexibility index (Phi) is 8.02. The van der Waals surface area contributed by atoms with Crippen LogP contribution in [-0.2, 0) is 20.7 Å². The van der Waals surface area contributed by atoms with Gasteiger partial charge in [0.25, 0.3) is 0 Å². The summed E-state index contributed by atoms with van der Waals surface area (Å²) in [5.41, 5.74) is 1.96. The monoisotopic (exact) mass is 459 g/mol. The van der Waals surface area contributed by atoms with E-state index in [9.17, 15) is 9.59 Å². The van der Waals surface area contributed by atoms with E-state index in [1.54, 1.807) is 19.3 Å². The van der Waals surface area contributed by atoms with Crippen LogP contribution in [0.1, 0.15) is 38.3 Å². The molecule has 2 aromatic carbocycles. The number of benzene rings is 2. The van der Waals surface area contributed by atoms with Gasteiger partial charge in [0.1, 0.15) is 11.4 Å². The molecule has 0 heterocycles. The van der Waals surface area contributed by atoms with Crippen LogP contribution in [0.4, 0.5) is 5.69 Å². The molecule has 0 radical (unpaired) electrons. The van der Waals surface area contributed by atoms with E-state index in [4.69, 9.17) is 9.47 Å². The fourth-order valence-corrected chi connectivity index (χ4v) is 2.85. The van der Waals surface area contributed by atoms with Crippen molar-refractivity contribution in [2.75, 3.05) is 12.4 Å². The average Bonchev–Trinajstić information content (AvgIpc) is 2.66. The molecule has 0 aliphatic rings. The molecule has 2 aromatic rings. The molecule has 0 unspecified atom stereocenters. The summed E-state index contributed by atoms with van der Waals surface area (Å²) >= 11 is 3.45. The summed E-state index contributed by atoms with van der Waals surface area (Å²) in [6.07, 6.45) is 4.03. The van der Waals surface area contributed by atoms with Gasteiger partial charge in [0.2, 0.25) is 5.91 Å². The number of methoxy groups -OCH3 is 1. The molecule has 2 rings (SSSR count). The maximum atomic E-state index is 12.3. The zero-order valence-electron chi connectivity index (χ0n) is 17.1. The van der Waals surface area contributed by atoms with Gasteiger partial charge >= 0.3 is 5.97 Å². The summed E-state index contributed by atoms with van der Waals surface area (Å²) in [4.78, 5) is 24.2. The van der Waals surface area contributed by atoms with Crippen molar-refractivity contribution < 1.29 is 19.1 Å². The smallest absolute Gasteiger partial charge is 0.331 e. The van der Waals surface area contributed by atoms with Crippen LogP contribution in [0.3, 0.4) is 0 Å². The Bertz CT molecular complexity index is 883. The van der Waals surface area contributed by atoms with Crippen molar-refractivity contribution in [1.29, 1.82) is 0 Å². The number of carbonyl (C=O) groups is 2. The fourth-order valence-electron chi connectivity index (χ4n) is 2.51. The van der Waals surface area contributed by atoms with Gasteiger partial charge in [-0.1, -0.05) is 18.2 Å². The van der Waals surface area contributed by atoms with Crippen molar-refractivity contribution in [2.24, 2.45) is 0 Å². The number of anilines is 1. The van der Waals surface area contributed by atoms with E-state index in [0.29, 0.717) is 18.5 Å². The normalized spacial score (nSPS) is 11.3. The topological polar surface area (TPSA) is 64.6 Å². The largest absolute Gasteiger partial charge is 0.497 e. The minimum Gasteiger partial charge on any atom is -0.497 e. The first kappa shape index (κ1) is 22.7. The van der Waals surface area contributed by atoms with Crippen LogP contribution in [0, 0.1) is 0 Å². The predicted octanol–water partition coefficient (Wildman–Crippen LogP) is 5.38. The second-order valence-corrected chi connectivity index (χ2v) is 8.36. The number of ether oxygens (including phenoxy) is 2. The third-order valence-electron chi connectivity index (χ3n) is 3.88. The number of rotatable bonds is 7. The summed E-state index contributed by atoms with van der Waals surface area (Å²) in [5.74, 6) is 0.290. The molecule has 6 heteroatoms. The van der Waals surface area contributed by atoms with Crippen molar-refractivity contribution in [3.8, 4) is 5.75 Å². The Morgan fingerprint density at radius 3 is 2.41 bits per heavy atom. The minimum atomic E-state index is -0.538. The highest BCUT2D eigenvalue weighted by Gasteiger charge is 2.14. The quantitative estimate of drug-likeness (QED) is 0.445. The number of hydrogen-bond donors (Lipinski definition) is 1. The van der Waals surface area contributed by atoms with Gasteiger partial charge in [0, 0.05) is 17.0 Å². The lowest BCUT2D eigenvalue weighted by atomic mass is 10.1. The van der Waals surface area contributed by atoms with Gasteiger partial charge in [-0.3, -0.25) is 4.79 Å². The van der Waals surface area contributed by atoms with E-state index < -0.39 is 11.6 Å². The van der Waals surface area contributed by atoms with Crippen LogP contribution < -0.4 is 10.1 Å².